The van der Waals surface area contributed by atoms with E-state index in [9.17, 15) is 19.5 Å². The van der Waals surface area contributed by atoms with Crippen molar-refractivity contribution in [1.29, 1.82) is 0 Å². The molecule has 0 bridgehead atoms. The van der Waals surface area contributed by atoms with Gasteiger partial charge in [0.2, 0.25) is 5.91 Å². The first-order valence-corrected chi connectivity index (χ1v) is 14.7. The van der Waals surface area contributed by atoms with Gasteiger partial charge >= 0.3 is 0 Å². The van der Waals surface area contributed by atoms with Crippen LogP contribution in [0.15, 0.2) is 22.7 Å². The monoisotopic (exact) mass is 510 g/mol. The van der Waals surface area contributed by atoms with Gasteiger partial charge in [0.1, 0.15) is 0 Å². The third-order valence-electron chi connectivity index (χ3n) is 7.36. The number of hydrogen-bond acceptors (Lipinski definition) is 5. The first kappa shape index (κ1) is 22.9. The quantitative estimate of drug-likeness (QED) is 0.607. The second kappa shape index (κ2) is 7.95. The van der Waals surface area contributed by atoms with Gasteiger partial charge in [-0.25, -0.2) is 0 Å². The van der Waals surface area contributed by atoms with Crippen molar-refractivity contribution in [3.8, 4) is 0 Å². The van der Waals surface area contributed by atoms with Crippen molar-refractivity contribution in [2.24, 2.45) is 5.92 Å². The van der Waals surface area contributed by atoms with E-state index in [2.05, 4.69) is 15.9 Å². The van der Waals surface area contributed by atoms with Gasteiger partial charge < -0.3 is 24.4 Å². The minimum Gasteiger partial charge on any atom is -0.432 e. The fourth-order valence-corrected chi connectivity index (χ4v) is 8.91. The van der Waals surface area contributed by atoms with Crippen LogP contribution in [-0.4, -0.2) is 67.3 Å². The summed E-state index contributed by atoms with van der Waals surface area (Å²) in [5, 5.41) is 9.62. The molecule has 2 N–H and O–H groups in total. The summed E-state index contributed by atoms with van der Waals surface area (Å²) in [4.78, 5) is 41.3. The van der Waals surface area contributed by atoms with Gasteiger partial charge in [0.25, 0.3) is 5.91 Å². The van der Waals surface area contributed by atoms with Crippen molar-refractivity contribution in [3.05, 3.63) is 28.2 Å². The smallest absolute Gasteiger partial charge is 0.264 e. The molecule has 9 heteroatoms. The molecule has 1 aromatic carbocycles. The maximum absolute atomic E-state index is 13.6. The van der Waals surface area contributed by atoms with Crippen LogP contribution in [0.1, 0.15) is 31.7 Å². The van der Waals surface area contributed by atoms with E-state index in [0.29, 0.717) is 6.54 Å². The molecule has 170 valence electrons. The predicted octanol–water partition coefficient (Wildman–Crippen LogP) is 2.60. The van der Waals surface area contributed by atoms with E-state index in [-0.39, 0.29) is 42.3 Å². The number of benzene rings is 1. The van der Waals surface area contributed by atoms with Crippen molar-refractivity contribution in [2.75, 3.05) is 25.1 Å². The fourth-order valence-electron chi connectivity index (χ4n) is 6.00. The van der Waals surface area contributed by atoms with E-state index in [1.807, 2.05) is 38.2 Å². The molecule has 3 aliphatic rings. The molecule has 1 spiro atoms. The Kier molecular flexibility index (Phi) is 5.88. The molecule has 5 atom stereocenters. The number of anilines is 1. The topological polar surface area (TPSA) is 90.3 Å². The lowest BCUT2D eigenvalue weighted by Gasteiger charge is -2.32. The maximum atomic E-state index is 13.6. The second-order valence-corrected chi connectivity index (χ2v) is 14.5. The molecular formula is C22H31BrN2O5Si. The summed E-state index contributed by atoms with van der Waals surface area (Å²) in [5.41, 5.74) is 0.0872. The molecule has 0 radical (unpaired) electrons. The predicted molar refractivity (Wildman–Crippen MR) is 123 cm³/mol. The molecule has 0 aromatic heterocycles. The summed E-state index contributed by atoms with van der Waals surface area (Å²) in [6, 6.07) is 5.55. The third-order valence-corrected chi connectivity index (χ3v) is 10.4. The molecule has 3 heterocycles. The first-order chi connectivity index (χ1) is 14.5. The second-order valence-electron chi connectivity index (χ2n) is 9.66. The molecule has 2 fully saturated rings. The van der Waals surface area contributed by atoms with Gasteiger partial charge in [-0.3, -0.25) is 9.59 Å². The van der Waals surface area contributed by atoms with E-state index in [0.717, 1.165) is 28.6 Å². The summed E-state index contributed by atoms with van der Waals surface area (Å²) >= 11 is 3.51. The Morgan fingerprint density at radius 2 is 2.10 bits per heavy atom. The zero-order chi connectivity index (χ0) is 22.7. The van der Waals surface area contributed by atoms with Gasteiger partial charge in [-0.15, -0.1) is 0 Å². The normalized spacial score (nSPS) is 32.9. The van der Waals surface area contributed by atoms with Gasteiger partial charge in [-0.05, 0) is 44.1 Å². The highest BCUT2D eigenvalue weighted by Gasteiger charge is 2.66. The van der Waals surface area contributed by atoms with Crippen LogP contribution in [0.3, 0.4) is 0 Å². The van der Waals surface area contributed by atoms with Crippen LogP contribution in [0.5, 0.6) is 0 Å². The van der Waals surface area contributed by atoms with Gasteiger partial charge in [0.15, 0.2) is 13.9 Å². The molecule has 3 aliphatic heterocycles. The lowest BCUT2D eigenvalue weighted by molar-refractivity contribution is -0.149. The van der Waals surface area contributed by atoms with Crippen molar-refractivity contribution in [3.63, 3.8) is 0 Å². The Bertz CT molecular complexity index is 906. The number of rotatable bonds is 4. The fraction of sp³-hybridized carbons (Fsp3) is 0.636. The average Bonchev–Trinajstić information content (AvgIpc) is 3.33. The number of amides is 2. The van der Waals surface area contributed by atoms with Gasteiger partial charge in [-0.1, -0.05) is 22.9 Å². The van der Waals surface area contributed by atoms with Crippen molar-refractivity contribution in [2.45, 2.75) is 62.6 Å². The van der Waals surface area contributed by atoms with Gasteiger partial charge in [0, 0.05) is 35.1 Å². The van der Waals surface area contributed by atoms with Gasteiger partial charge in [-0.2, -0.15) is 0 Å². The Balaban J connectivity index is 1.73. The standard InChI is InChI=1S/C22H31BrN2O5Si/c1-13-20(31(3,4)29)18(11-19(27)25-9-5-6-15(25)12-26)30-22(13)16-10-14(23)7-8-17(16)24(2)21(22)28/h7-8,10,13,15,18,20,26,29H,5-6,9,11-12H2,1-4H3/t13-,15+,18+,20-,22+/m1/s1. The van der Waals surface area contributed by atoms with Crippen molar-refractivity contribution < 1.29 is 24.2 Å². The van der Waals surface area contributed by atoms with E-state index in [1.165, 1.54) is 0 Å². The van der Waals surface area contributed by atoms with Gasteiger partial charge in [0.05, 0.1) is 30.9 Å². The highest BCUT2D eigenvalue weighted by atomic mass is 79.9. The number of carbonyl (C=O) groups is 2. The lowest BCUT2D eigenvalue weighted by Crippen LogP contribution is -2.45. The maximum Gasteiger partial charge on any atom is 0.264 e. The number of halogens is 1. The Labute approximate surface area is 192 Å². The molecule has 0 saturated carbocycles. The van der Waals surface area contributed by atoms with E-state index >= 15 is 0 Å². The number of aliphatic hydroxyl groups is 1. The molecule has 31 heavy (non-hydrogen) atoms. The number of fused-ring (bicyclic) bond motifs is 2. The van der Waals surface area contributed by atoms with Crippen LogP contribution < -0.4 is 4.90 Å². The Morgan fingerprint density at radius 3 is 2.74 bits per heavy atom. The minimum atomic E-state index is -2.79. The highest BCUT2D eigenvalue weighted by molar-refractivity contribution is 9.10. The molecular weight excluding hydrogens is 480 g/mol. The minimum absolute atomic E-state index is 0.0496. The van der Waals surface area contributed by atoms with E-state index in [4.69, 9.17) is 4.74 Å². The molecule has 2 amide bonds. The Morgan fingerprint density at radius 1 is 1.39 bits per heavy atom. The zero-order valence-electron chi connectivity index (χ0n) is 18.5. The number of carbonyl (C=O) groups excluding carboxylic acids is 2. The summed E-state index contributed by atoms with van der Waals surface area (Å²) in [7, 11) is -1.05. The lowest BCUT2D eigenvalue weighted by atomic mass is 9.82. The number of nitrogens with zero attached hydrogens (tertiary/aromatic N) is 2. The third kappa shape index (κ3) is 3.49. The summed E-state index contributed by atoms with van der Waals surface area (Å²) in [6.45, 7) is 6.25. The number of hydrogen-bond donors (Lipinski definition) is 2. The summed E-state index contributed by atoms with van der Waals surface area (Å²) in [5.74, 6) is -0.516. The molecule has 7 nitrogen and oxygen atoms in total. The Hall–Kier alpha value is -1.26. The van der Waals surface area contributed by atoms with Crippen LogP contribution in [0.25, 0.3) is 0 Å². The molecule has 2 saturated heterocycles. The molecule has 4 rings (SSSR count). The summed E-state index contributed by atoms with van der Waals surface area (Å²) in [6.07, 6.45) is 1.21. The average molecular weight is 511 g/mol. The van der Waals surface area contributed by atoms with E-state index in [1.54, 1.807) is 16.8 Å². The highest BCUT2D eigenvalue weighted by Crippen LogP contribution is 2.59. The van der Waals surface area contributed by atoms with Crippen molar-refractivity contribution >= 4 is 41.7 Å². The first-order valence-electron chi connectivity index (χ1n) is 10.9. The molecule has 1 aromatic rings. The number of likely N-dealkylation sites (tertiary alicyclic amines) is 1. The van der Waals surface area contributed by atoms with Crippen LogP contribution in [0.4, 0.5) is 5.69 Å². The number of ether oxygens (including phenoxy) is 1. The SMILES string of the molecule is C[C@@H]1[C@@H]([Si](C)(C)O)[C@H](CC(=O)N2CCC[C@H]2CO)O[C@@]12C(=O)N(C)c1ccc(Br)cc12. The number of aliphatic hydroxyl groups excluding tert-OH is 1. The zero-order valence-corrected chi connectivity index (χ0v) is 21.1. The van der Waals surface area contributed by atoms with Crippen molar-refractivity contribution in [1.82, 2.24) is 4.90 Å². The van der Waals surface area contributed by atoms with E-state index < -0.39 is 20.0 Å². The number of likely N-dealkylation sites (N-methyl/N-ethyl adjacent to an activating group) is 1. The molecule has 0 unspecified atom stereocenters. The van der Waals surface area contributed by atoms with Crippen LogP contribution in [-0.2, 0) is 19.9 Å². The van der Waals surface area contributed by atoms with Crippen LogP contribution >= 0.6 is 15.9 Å². The largest absolute Gasteiger partial charge is 0.432 e. The molecule has 0 aliphatic carbocycles. The van der Waals surface area contributed by atoms with Crippen LogP contribution in [0, 0.1) is 5.92 Å². The summed E-state index contributed by atoms with van der Waals surface area (Å²) < 4.78 is 7.43. The van der Waals surface area contributed by atoms with Crippen LogP contribution in [0.2, 0.25) is 18.6 Å².